The van der Waals surface area contributed by atoms with Gasteiger partial charge in [0.05, 0.1) is 25.5 Å². The van der Waals surface area contributed by atoms with E-state index >= 15 is 0 Å². The summed E-state index contributed by atoms with van der Waals surface area (Å²) in [5.74, 6) is 0.807. The summed E-state index contributed by atoms with van der Waals surface area (Å²) in [6, 6.07) is 25.0. The van der Waals surface area contributed by atoms with Crippen molar-refractivity contribution in [3.8, 4) is 5.75 Å². The molecule has 0 aromatic heterocycles. The number of hydrogen-bond donors (Lipinski definition) is 2. The highest BCUT2D eigenvalue weighted by Gasteiger charge is 2.11. The van der Waals surface area contributed by atoms with Crippen molar-refractivity contribution in [2.75, 3.05) is 7.11 Å². The van der Waals surface area contributed by atoms with Gasteiger partial charge in [-0.1, -0.05) is 65.7 Å². The van der Waals surface area contributed by atoms with Crippen LogP contribution in [0.1, 0.15) is 35.2 Å². The zero-order valence-corrected chi connectivity index (χ0v) is 21.0. The number of benzene rings is 4. The first-order chi connectivity index (χ1) is 16.9. The molecule has 0 aliphatic carbocycles. The molecule has 0 heterocycles. The van der Waals surface area contributed by atoms with E-state index in [2.05, 4.69) is 6.07 Å². The largest absolute Gasteiger partial charge is 0.497 e. The predicted molar refractivity (Wildman–Crippen MR) is 146 cm³/mol. The van der Waals surface area contributed by atoms with E-state index in [9.17, 15) is 5.11 Å². The Bertz CT molecular complexity index is 1390. The third-order valence-corrected chi connectivity index (χ3v) is 6.25. The quantitative estimate of drug-likeness (QED) is 0.261. The third-order valence-electron chi connectivity index (χ3n) is 5.81. The fourth-order valence-electron chi connectivity index (χ4n) is 3.84. The lowest BCUT2D eigenvalue weighted by Crippen LogP contribution is -2.06. The molecule has 4 aromatic carbocycles. The highest BCUT2D eigenvalue weighted by Crippen LogP contribution is 2.26. The maximum atomic E-state index is 9.35. The number of halogens is 2. The summed E-state index contributed by atoms with van der Waals surface area (Å²) >= 11 is 12.4. The van der Waals surface area contributed by atoms with Crippen LogP contribution in [0.25, 0.3) is 16.5 Å². The van der Waals surface area contributed by atoms with Gasteiger partial charge < -0.3 is 15.6 Å². The summed E-state index contributed by atoms with van der Waals surface area (Å²) in [4.78, 5) is 5.03. The van der Waals surface area contributed by atoms with Crippen LogP contribution < -0.4 is 10.5 Å². The van der Waals surface area contributed by atoms with Crippen molar-refractivity contribution in [2.45, 2.75) is 19.6 Å². The normalized spacial score (nSPS) is 13.2. The second-order valence-electron chi connectivity index (χ2n) is 8.28. The van der Waals surface area contributed by atoms with E-state index in [0.717, 1.165) is 44.5 Å². The molecular formula is C29H26Cl2N2O2. The van der Waals surface area contributed by atoms with Gasteiger partial charge in [0, 0.05) is 26.9 Å². The fourth-order valence-corrected chi connectivity index (χ4v) is 4.37. The van der Waals surface area contributed by atoms with Crippen molar-refractivity contribution in [3.05, 3.63) is 117 Å². The molecular weight excluding hydrogens is 479 g/mol. The van der Waals surface area contributed by atoms with Crippen LogP contribution in [0.3, 0.4) is 0 Å². The molecule has 0 fully saturated rings. The first-order valence-corrected chi connectivity index (χ1v) is 11.9. The lowest BCUT2D eigenvalue weighted by molar-refractivity contribution is 0.282. The molecule has 0 amide bonds. The summed E-state index contributed by atoms with van der Waals surface area (Å²) in [6.07, 6.45) is 1.85. The second kappa shape index (κ2) is 11.0. The molecule has 0 radical (unpaired) electrons. The molecule has 3 N–H and O–H groups in total. The number of nitrogens with zero attached hydrogens (tertiary/aromatic N) is 1. The number of fused-ring (bicyclic) bond motifs is 1. The average molecular weight is 505 g/mol. The molecule has 4 rings (SSSR count). The smallest absolute Gasteiger partial charge is 0.119 e. The Morgan fingerprint density at radius 1 is 0.914 bits per heavy atom. The van der Waals surface area contributed by atoms with Gasteiger partial charge in [-0.2, -0.15) is 0 Å². The minimum atomic E-state index is -0.142. The van der Waals surface area contributed by atoms with Crippen LogP contribution in [0.4, 0.5) is 0 Å². The number of hydrogen-bond acceptors (Lipinski definition) is 4. The van der Waals surface area contributed by atoms with Crippen LogP contribution in [0, 0.1) is 0 Å². The van der Waals surface area contributed by atoms with Gasteiger partial charge in [-0.3, -0.25) is 4.99 Å². The number of allylic oxidation sites excluding steroid dienone is 1. The summed E-state index contributed by atoms with van der Waals surface area (Å²) in [7, 11) is 1.66. The molecule has 4 nitrogen and oxygen atoms in total. The number of methoxy groups -OCH3 is 1. The van der Waals surface area contributed by atoms with Crippen molar-refractivity contribution < 1.29 is 9.84 Å². The number of aliphatic hydroxyl groups is 1. The summed E-state index contributed by atoms with van der Waals surface area (Å²) in [5, 5.41) is 12.5. The minimum absolute atomic E-state index is 0.00647. The molecule has 6 heteroatoms. The number of ether oxygens (including phenoxy) is 1. The highest BCUT2D eigenvalue weighted by molar-refractivity contribution is 6.35. The Hall–Kier alpha value is -3.31. The first kappa shape index (κ1) is 24.8. The SMILES string of the molecule is COc1ccc2cc(C(C=C(N)c3cc(Cl)cc(Cl)c3)=N[C@@H](C)c3ccc(CO)cc3)ccc2c1. The van der Waals surface area contributed by atoms with Crippen molar-refractivity contribution in [1.29, 1.82) is 0 Å². The molecule has 0 spiro atoms. The number of aliphatic imine (C=N–C) groups is 1. The van der Waals surface area contributed by atoms with E-state index in [0.29, 0.717) is 15.7 Å². The molecule has 35 heavy (non-hydrogen) atoms. The Morgan fingerprint density at radius 2 is 1.57 bits per heavy atom. The van der Waals surface area contributed by atoms with Gasteiger partial charge in [0.25, 0.3) is 0 Å². The van der Waals surface area contributed by atoms with E-state index in [1.54, 1.807) is 25.3 Å². The molecule has 0 unspecified atom stereocenters. The van der Waals surface area contributed by atoms with Crippen molar-refractivity contribution in [1.82, 2.24) is 0 Å². The average Bonchev–Trinajstić information content (AvgIpc) is 2.87. The molecule has 178 valence electrons. The van der Waals surface area contributed by atoms with Gasteiger partial charge in [-0.05, 0) is 71.3 Å². The number of rotatable bonds is 7. The predicted octanol–water partition coefficient (Wildman–Crippen LogP) is 7.20. The first-order valence-electron chi connectivity index (χ1n) is 11.2. The zero-order valence-electron chi connectivity index (χ0n) is 19.5. The lowest BCUT2D eigenvalue weighted by Gasteiger charge is -2.13. The number of aliphatic hydroxyl groups excluding tert-OH is 1. The fraction of sp³-hybridized carbons (Fsp3) is 0.138. The van der Waals surface area contributed by atoms with E-state index < -0.39 is 0 Å². The maximum absolute atomic E-state index is 9.35. The second-order valence-corrected chi connectivity index (χ2v) is 9.15. The van der Waals surface area contributed by atoms with Crippen LogP contribution in [0.15, 0.2) is 89.9 Å². The topological polar surface area (TPSA) is 67.8 Å². The Balaban J connectivity index is 1.80. The monoisotopic (exact) mass is 504 g/mol. The van der Waals surface area contributed by atoms with E-state index in [-0.39, 0.29) is 12.6 Å². The van der Waals surface area contributed by atoms with Crippen LogP contribution in [0.5, 0.6) is 5.75 Å². The Labute approximate surface area is 215 Å². The van der Waals surface area contributed by atoms with Crippen molar-refractivity contribution in [3.63, 3.8) is 0 Å². The molecule has 0 saturated heterocycles. The van der Waals surface area contributed by atoms with E-state index in [4.69, 9.17) is 38.7 Å². The Kier molecular flexibility index (Phi) is 7.76. The Morgan fingerprint density at radius 3 is 2.23 bits per heavy atom. The van der Waals surface area contributed by atoms with Crippen LogP contribution >= 0.6 is 23.2 Å². The molecule has 0 saturated carbocycles. The van der Waals surface area contributed by atoms with Gasteiger partial charge >= 0.3 is 0 Å². The van der Waals surface area contributed by atoms with Gasteiger partial charge in [0.2, 0.25) is 0 Å². The van der Waals surface area contributed by atoms with Crippen LogP contribution in [-0.4, -0.2) is 17.9 Å². The zero-order chi connectivity index (χ0) is 24.9. The van der Waals surface area contributed by atoms with Gasteiger partial charge in [0.15, 0.2) is 0 Å². The summed E-state index contributed by atoms with van der Waals surface area (Å²) in [5.41, 5.74) is 11.3. The molecule has 0 bridgehead atoms. The summed E-state index contributed by atoms with van der Waals surface area (Å²) in [6.45, 7) is 2.03. The van der Waals surface area contributed by atoms with Crippen LogP contribution in [0.2, 0.25) is 10.0 Å². The van der Waals surface area contributed by atoms with Gasteiger partial charge in [-0.25, -0.2) is 0 Å². The summed E-state index contributed by atoms with van der Waals surface area (Å²) < 4.78 is 5.35. The van der Waals surface area contributed by atoms with Crippen molar-refractivity contribution in [2.24, 2.45) is 10.7 Å². The van der Waals surface area contributed by atoms with Gasteiger partial charge in [-0.15, -0.1) is 0 Å². The standard InChI is InChI=1S/C29H26Cl2N2O2/c1-18(20-5-3-19(17-34)4-6-20)33-29(16-28(32)24-12-25(30)15-26(31)13-24)23-8-7-22-14-27(35-2)10-9-21(22)11-23/h3-16,18,34H,17,32H2,1-2H3/t18-/m0/s1. The highest BCUT2D eigenvalue weighted by atomic mass is 35.5. The molecule has 1 atom stereocenters. The van der Waals surface area contributed by atoms with Crippen LogP contribution in [-0.2, 0) is 6.61 Å². The van der Waals surface area contributed by atoms with Crippen molar-refractivity contribution >= 4 is 45.4 Å². The third kappa shape index (κ3) is 6.04. The van der Waals surface area contributed by atoms with Gasteiger partial charge in [0.1, 0.15) is 5.75 Å². The molecule has 4 aromatic rings. The van der Waals surface area contributed by atoms with E-state index in [1.807, 2.05) is 67.6 Å². The maximum Gasteiger partial charge on any atom is 0.119 e. The minimum Gasteiger partial charge on any atom is -0.497 e. The van der Waals surface area contributed by atoms with E-state index in [1.165, 1.54) is 0 Å². The molecule has 0 aliphatic heterocycles. The lowest BCUT2D eigenvalue weighted by atomic mass is 10.0. The molecule has 0 aliphatic rings. The number of nitrogens with two attached hydrogens (primary N) is 1.